The lowest BCUT2D eigenvalue weighted by atomic mass is 10.2. The van der Waals surface area contributed by atoms with E-state index in [9.17, 15) is 13.6 Å². The molecule has 8 heteroatoms. The number of hydrogen-bond donors (Lipinski definition) is 1. The summed E-state index contributed by atoms with van der Waals surface area (Å²) in [6, 6.07) is 0. The maximum Gasteiger partial charge on any atom is 0.410 e. The molecular weight excluding hydrogens is 348 g/mol. The van der Waals surface area contributed by atoms with Crippen LogP contribution in [-0.4, -0.2) is 61.1 Å². The molecule has 5 nitrogen and oxygen atoms in total. The van der Waals surface area contributed by atoms with Crippen molar-refractivity contribution < 1.29 is 18.3 Å². The van der Waals surface area contributed by atoms with Crippen molar-refractivity contribution in [2.45, 2.75) is 32.8 Å². The van der Waals surface area contributed by atoms with Crippen LogP contribution in [0, 0.1) is 0 Å². The highest BCUT2D eigenvalue weighted by Crippen LogP contribution is 2.22. The van der Waals surface area contributed by atoms with Gasteiger partial charge in [0.2, 0.25) is 0 Å². The summed E-state index contributed by atoms with van der Waals surface area (Å²) in [6.07, 6.45) is -2.86. The topological polar surface area (TPSA) is 44.8 Å². The summed E-state index contributed by atoms with van der Waals surface area (Å²) in [6.45, 7) is 5.94. The second-order valence-corrected chi connectivity index (χ2v) is 6.54. The number of carbonyl (C=O) groups is 1. The average Bonchev–Trinajstić information content (AvgIpc) is 2.35. The van der Waals surface area contributed by atoms with Crippen molar-refractivity contribution in [3.8, 4) is 0 Å². The molecule has 0 aromatic carbocycles. The highest BCUT2D eigenvalue weighted by atomic mass is 79.9. The fourth-order valence-electron chi connectivity index (χ4n) is 1.94. The van der Waals surface area contributed by atoms with E-state index in [1.54, 1.807) is 32.7 Å². The van der Waals surface area contributed by atoms with Crippen LogP contribution in [-0.2, 0) is 4.74 Å². The molecule has 1 saturated heterocycles. The molecule has 0 aromatic heterocycles. The molecule has 0 radical (unpaired) electrons. The van der Waals surface area contributed by atoms with E-state index < -0.39 is 18.1 Å². The first kappa shape index (κ1) is 18.0. The van der Waals surface area contributed by atoms with E-state index in [2.05, 4.69) is 21.2 Å². The predicted octanol–water partition coefficient (Wildman–Crippen LogP) is 2.59. The predicted molar refractivity (Wildman–Crippen MR) is 80.4 cm³/mol. The van der Waals surface area contributed by atoms with Gasteiger partial charge in [0.15, 0.2) is 0 Å². The van der Waals surface area contributed by atoms with Crippen LogP contribution >= 0.6 is 15.9 Å². The van der Waals surface area contributed by atoms with E-state index >= 15 is 0 Å². The van der Waals surface area contributed by atoms with Gasteiger partial charge >= 0.3 is 6.09 Å². The summed E-state index contributed by atoms with van der Waals surface area (Å²) in [7, 11) is 1.68. The van der Waals surface area contributed by atoms with Gasteiger partial charge in [-0.25, -0.2) is 13.6 Å². The normalized spacial score (nSPS) is 18.9. The molecule has 1 amide bonds. The number of nitrogens with one attached hydrogen (secondary N) is 1. The third kappa shape index (κ3) is 5.68. The van der Waals surface area contributed by atoms with Crippen LogP contribution in [0.2, 0.25) is 0 Å². The molecule has 1 N–H and O–H groups in total. The highest BCUT2D eigenvalue weighted by Gasteiger charge is 2.30. The second-order valence-electron chi connectivity index (χ2n) is 5.75. The van der Waals surface area contributed by atoms with Gasteiger partial charge in [-0.05, 0) is 36.7 Å². The Hall–Kier alpha value is -1.05. The molecule has 0 atom stereocenters. The summed E-state index contributed by atoms with van der Waals surface area (Å²) < 4.78 is 31.2. The Morgan fingerprint density at radius 1 is 1.43 bits per heavy atom. The maximum absolute atomic E-state index is 12.6. The van der Waals surface area contributed by atoms with Crippen LogP contribution in [0.25, 0.3) is 0 Å². The van der Waals surface area contributed by atoms with Gasteiger partial charge in [-0.3, -0.25) is 0 Å². The molecule has 1 heterocycles. The number of ether oxygens (including phenoxy) is 1. The highest BCUT2D eigenvalue weighted by molar-refractivity contribution is 9.11. The zero-order valence-corrected chi connectivity index (χ0v) is 14.3. The first-order valence-corrected chi connectivity index (χ1v) is 7.50. The monoisotopic (exact) mass is 369 g/mol. The number of carbonyl (C=O) groups excluding carboxylic acids is 1. The maximum atomic E-state index is 12.6. The largest absolute Gasteiger partial charge is 0.444 e. The fourth-order valence-corrected chi connectivity index (χ4v) is 2.32. The van der Waals surface area contributed by atoms with Gasteiger partial charge in [0, 0.05) is 20.1 Å². The Morgan fingerprint density at radius 2 is 2.05 bits per heavy atom. The van der Waals surface area contributed by atoms with E-state index in [0.29, 0.717) is 23.4 Å². The Kier molecular flexibility index (Phi) is 6.24. The van der Waals surface area contributed by atoms with Gasteiger partial charge in [-0.1, -0.05) is 0 Å². The van der Waals surface area contributed by atoms with Gasteiger partial charge in [-0.2, -0.15) is 0 Å². The number of piperazine rings is 1. The Balaban J connectivity index is 2.82. The Bertz CT molecular complexity index is 411. The molecule has 1 rings (SSSR count). The number of hydrogen-bond acceptors (Lipinski definition) is 4. The molecule has 0 aromatic rings. The Morgan fingerprint density at radius 3 is 2.52 bits per heavy atom. The minimum Gasteiger partial charge on any atom is -0.444 e. The van der Waals surface area contributed by atoms with E-state index in [0.717, 1.165) is 0 Å². The molecule has 0 unspecified atom stereocenters. The quantitative estimate of drug-likeness (QED) is 0.776. The van der Waals surface area contributed by atoms with Crippen molar-refractivity contribution in [3.63, 3.8) is 0 Å². The van der Waals surface area contributed by atoms with Crippen LogP contribution in [0.15, 0.2) is 10.3 Å². The second kappa shape index (κ2) is 7.29. The first-order valence-electron chi connectivity index (χ1n) is 6.71. The standard InChI is InChI=1S/C13H22BrF2N3O2/c1-13(2,3)21-12(20)19-6-5-18(8-10(15)16)9(7-19)11(14)17-4/h10,17H,5-8H2,1-4H3/b11-9-. The molecule has 1 aliphatic heterocycles. The van der Waals surface area contributed by atoms with Crippen LogP contribution in [0.1, 0.15) is 20.8 Å². The lowest BCUT2D eigenvalue weighted by Crippen LogP contribution is -2.50. The lowest BCUT2D eigenvalue weighted by molar-refractivity contribution is 0.0159. The number of alkyl halides is 2. The third-order valence-electron chi connectivity index (χ3n) is 2.85. The molecule has 21 heavy (non-hydrogen) atoms. The van der Waals surface area contributed by atoms with Crippen molar-refractivity contribution in [2.75, 3.05) is 33.2 Å². The van der Waals surface area contributed by atoms with Crippen molar-refractivity contribution in [2.24, 2.45) is 0 Å². The third-order valence-corrected chi connectivity index (χ3v) is 3.70. The Labute approximate surface area is 132 Å². The molecule has 122 valence electrons. The van der Waals surface area contributed by atoms with Crippen molar-refractivity contribution in [1.29, 1.82) is 0 Å². The first-order chi connectivity index (χ1) is 9.64. The summed E-state index contributed by atoms with van der Waals surface area (Å²) in [4.78, 5) is 15.2. The summed E-state index contributed by atoms with van der Waals surface area (Å²) >= 11 is 3.31. The van der Waals surface area contributed by atoms with Crippen molar-refractivity contribution in [1.82, 2.24) is 15.1 Å². The SMILES string of the molecule is CN/C(Br)=C1/CN(C(=O)OC(C)(C)C)CCN1CC(F)F. The van der Waals surface area contributed by atoms with E-state index in [-0.39, 0.29) is 13.1 Å². The number of halogens is 3. The lowest BCUT2D eigenvalue weighted by Gasteiger charge is -2.39. The number of rotatable bonds is 3. The average molecular weight is 370 g/mol. The zero-order chi connectivity index (χ0) is 16.2. The molecule has 1 aliphatic rings. The molecule has 0 saturated carbocycles. The molecule has 0 bridgehead atoms. The van der Waals surface area contributed by atoms with E-state index in [4.69, 9.17) is 4.74 Å². The van der Waals surface area contributed by atoms with Crippen LogP contribution in [0.3, 0.4) is 0 Å². The van der Waals surface area contributed by atoms with Crippen LogP contribution in [0.5, 0.6) is 0 Å². The van der Waals surface area contributed by atoms with Crippen LogP contribution in [0.4, 0.5) is 13.6 Å². The van der Waals surface area contributed by atoms with E-state index in [1.165, 1.54) is 4.90 Å². The van der Waals surface area contributed by atoms with E-state index in [1.807, 2.05) is 0 Å². The molecular formula is C13H22BrF2N3O2. The van der Waals surface area contributed by atoms with Gasteiger partial charge in [0.05, 0.1) is 23.4 Å². The van der Waals surface area contributed by atoms with Gasteiger partial charge < -0.3 is 19.9 Å². The minimum absolute atomic E-state index is 0.225. The smallest absolute Gasteiger partial charge is 0.410 e. The fraction of sp³-hybridized carbons (Fsp3) is 0.769. The van der Waals surface area contributed by atoms with Gasteiger partial charge in [0.1, 0.15) is 5.60 Å². The summed E-state index contributed by atoms with van der Waals surface area (Å²) in [5.74, 6) is 0. The number of nitrogens with zero attached hydrogens (tertiary/aromatic N) is 2. The molecule has 0 spiro atoms. The van der Waals surface area contributed by atoms with Crippen molar-refractivity contribution >= 4 is 22.0 Å². The summed E-state index contributed by atoms with van der Waals surface area (Å²) in [5, 5.41) is 2.88. The molecule has 1 fully saturated rings. The zero-order valence-electron chi connectivity index (χ0n) is 12.8. The van der Waals surface area contributed by atoms with Gasteiger partial charge in [0.25, 0.3) is 6.43 Å². The molecule has 0 aliphatic carbocycles. The van der Waals surface area contributed by atoms with Gasteiger partial charge in [-0.15, -0.1) is 0 Å². The van der Waals surface area contributed by atoms with Crippen LogP contribution < -0.4 is 5.32 Å². The summed E-state index contributed by atoms with van der Waals surface area (Å²) in [5.41, 5.74) is 0.0382. The van der Waals surface area contributed by atoms with Crippen molar-refractivity contribution in [3.05, 3.63) is 10.3 Å². The number of amides is 1. The minimum atomic E-state index is -2.43.